The van der Waals surface area contributed by atoms with Crippen molar-refractivity contribution >= 4 is 19.7 Å². The maximum Gasteiger partial charge on any atom is 0.472 e. The monoisotopic (exact) mass is 1220 g/mol. The van der Waals surface area contributed by atoms with E-state index in [1.807, 2.05) is 33.3 Å². The second-order valence-electron chi connectivity index (χ2n) is 26.5. The highest BCUT2D eigenvalue weighted by atomic mass is 31.2. The van der Waals surface area contributed by atoms with Crippen LogP contribution in [0.1, 0.15) is 367 Å². The van der Waals surface area contributed by atoms with Crippen LogP contribution in [0.15, 0.2) is 48.6 Å². The number of nitrogens with zero attached hydrogens (tertiary/aromatic N) is 1. The van der Waals surface area contributed by atoms with Crippen LogP contribution in [-0.2, 0) is 27.9 Å². The van der Waals surface area contributed by atoms with Crippen molar-refractivity contribution in [3.05, 3.63) is 48.6 Å². The maximum absolute atomic E-state index is 13.6. The number of unbranched alkanes of at least 4 members (excludes halogenated alkanes) is 46. The molecule has 0 aromatic carbocycles. The van der Waals surface area contributed by atoms with Crippen molar-refractivity contribution in [1.29, 1.82) is 0 Å². The lowest BCUT2D eigenvalue weighted by molar-refractivity contribution is -0.870. The first-order valence-electron chi connectivity index (χ1n) is 37.0. The number of hydrogen-bond acceptors (Lipinski definition) is 6. The van der Waals surface area contributed by atoms with Crippen LogP contribution in [0.3, 0.4) is 0 Å². The number of allylic oxidation sites excluding steroid dienone is 7. The van der Waals surface area contributed by atoms with Gasteiger partial charge in [0.15, 0.2) is 0 Å². The molecule has 0 aliphatic carbocycles. The number of phosphoric acid groups is 1. The Bertz CT molecular complexity index is 1590. The molecule has 0 radical (unpaired) electrons. The van der Waals surface area contributed by atoms with E-state index >= 15 is 0 Å². The molecule has 2 N–H and O–H groups in total. The fourth-order valence-electron chi connectivity index (χ4n) is 11.1. The molecule has 0 rings (SSSR count). The number of carbonyl (C=O) groups is 2. The Morgan fingerprint density at radius 2 is 0.718 bits per heavy atom. The van der Waals surface area contributed by atoms with E-state index in [-0.39, 0.29) is 25.1 Å². The lowest BCUT2D eigenvalue weighted by Gasteiger charge is -2.27. The average molecular weight is 1220 g/mol. The zero-order valence-corrected chi connectivity index (χ0v) is 58.3. The van der Waals surface area contributed by atoms with Crippen molar-refractivity contribution in [3.8, 4) is 0 Å². The molecule has 0 heterocycles. The van der Waals surface area contributed by atoms with Gasteiger partial charge in [-0.3, -0.25) is 18.6 Å². The average Bonchev–Trinajstić information content (AvgIpc) is 3.50. The summed E-state index contributed by atoms with van der Waals surface area (Å²) in [4.78, 5) is 38.0. The number of esters is 1. The van der Waals surface area contributed by atoms with Gasteiger partial charge in [-0.05, 0) is 70.3 Å². The number of hydrogen-bond donors (Lipinski definition) is 2. The van der Waals surface area contributed by atoms with Gasteiger partial charge in [-0.25, -0.2) is 4.57 Å². The van der Waals surface area contributed by atoms with Gasteiger partial charge in [-0.2, -0.15) is 0 Å². The first-order valence-corrected chi connectivity index (χ1v) is 38.5. The van der Waals surface area contributed by atoms with Crippen LogP contribution < -0.4 is 5.32 Å². The van der Waals surface area contributed by atoms with Crippen molar-refractivity contribution in [2.24, 2.45) is 0 Å². The van der Waals surface area contributed by atoms with E-state index in [1.165, 1.54) is 250 Å². The van der Waals surface area contributed by atoms with Crippen molar-refractivity contribution in [2.75, 3.05) is 40.9 Å². The van der Waals surface area contributed by atoms with E-state index in [1.54, 1.807) is 0 Å². The lowest BCUT2D eigenvalue weighted by atomic mass is 10.0. The Kier molecular flexibility index (Phi) is 63.4. The summed E-state index contributed by atoms with van der Waals surface area (Å²) in [7, 11) is 1.50. The molecule has 9 nitrogen and oxygen atoms in total. The van der Waals surface area contributed by atoms with E-state index in [9.17, 15) is 19.0 Å². The van der Waals surface area contributed by atoms with E-state index in [2.05, 4.69) is 62.5 Å². The van der Waals surface area contributed by atoms with Gasteiger partial charge in [-0.1, -0.05) is 333 Å². The summed E-state index contributed by atoms with van der Waals surface area (Å²) in [5.41, 5.74) is 0. The SMILES string of the molecule is CCCCC/C=C\C/C=C\C/C=C\CCCCCCCCCCC(=O)NC(COP(=O)(O)OCC[N+](C)(C)C)C(/C=C/CCCCCCCCCCCCC)OC(=O)CCCCCCCCCCCCCCCCCCCCCCCCCCC. The number of rotatable bonds is 68. The summed E-state index contributed by atoms with van der Waals surface area (Å²) in [6.07, 6.45) is 82.7. The van der Waals surface area contributed by atoms with Crippen LogP contribution in [0.4, 0.5) is 0 Å². The largest absolute Gasteiger partial charge is 0.472 e. The van der Waals surface area contributed by atoms with Crippen LogP contribution in [0.25, 0.3) is 0 Å². The molecule has 0 aliphatic rings. The van der Waals surface area contributed by atoms with Gasteiger partial charge < -0.3 is 19.4 Å². The van der Waals surface area contributed by atoms with Gasteiger partial charge in [0, 0.05) is 12.8 Å². The Hall–Kier alpha value is -2.03. The Balaban J connectivity index is 5.05. The summed E-state index contributed by atoms with van der Waals surface area (Å²) in [6.45, 7) is 7.04. The standard InChI is InChI=1S/C75H143N2O7P/c1-7-10-13-16-19-22-25-28-30-32-34-36-37-38-39-41-43-45-47-50-53-56-59-62-65-68-75(79)84-73(66-63-60-57-54-51-48-27-24-21-18-15-12-9-3)72(71-83-85(80,81)82-70-69-77(4,5)6)76-74(78)67-64-61-58-55-52-49-46-44-42-40-35-33-31-29-26-23-20-17-14-11-8-2/h20,23,29,31,35,40,63,66,72-73H,7-19,21-22,24-28,30,32-34,36-39,41-62,64-65,67-71H2,1-6H3,(H-,76,78,80,81)/p+1/b23-20-,31-29-,40-35-,66-63+. The second kappa shape index (κ2) is 64.9. The van der Waals surface area contributed by atoms with Crippen LogP contribution >= 0.6 is 7.82 Å². The molecular weight excluding hydrogens is 1070 g/mol. The molecular formula is C75H144N2O7P+. The van der Waals surface area contributed by atoms with Gasteiger partial charge >= 0.3 is 13.8 Å². The van der Waals surface area contributed by atoms with E-state index in [0.717, 1.165) is 83.5 Å². The number of nitrogens with one attached hydrogen (secondary N) is 1. The summed E-state index contributed by atoms with van der Waals surface area (Å²) >= 11 is 0. The van der Waals surface area contributed by atoms with E-state index < -0.39 is 20.0 Å². The molecule has 85 heavy (non-hydrogen) atoms. The molecule has 0 aromatic heterocycles. The molecule has 500 valence electrons. The maximum atomic E-state index is 13.6. The molecule has 1 amide bonds. The lowest BCUT2D eigenvalue weighted by Crippen LogP contribution is -2.47. The highest BCUT2D eigenvalue weighted by Gasteiger charge is 2.30. The number of amides is 1. The highest BCUT2D eigenvalue weighted by Crippen LogP contribution is 2.43. The number of quaternary nitrogens is 1. The van der Waals surface area contributed by atoms with Crippen LogP contribution in [-0.4, -0.2) is 74.3 Å². The minimum atomic E-state index is -4.46. The summed E-state index contributed by atoms with van der Waals surface area (Å²) < 4.78 is 30.9. The van der Waals surface area contributed by atoms with Crippen molar-refractivity contribution < 1.29 is 37.3 Å². The van der Waals surface area contributed by atoms with E-state index in [0.29, 0.717) is 23.9 Å². The van der Waals surface area contributed by atoms with Crippen molar-refractivity contribution in [1.82, 2.24) is 5.32 Å². The molecule has 0 bridgehead atoms. The van der Waals surface area contributed by atoms with Crippen LogP contribution in [0.2, 0.25) is 0 Å². The van der Waals surface area contributed by atoms with Crippen molar-refractivity contribution in [3.63, 3.8) is 0 Å². The fraction of sp³-hybridized carbons (Fsp3) is 0.867. The molecule has 3 unspecified atom stereocenters. The van der Waals surface area contributed by atoms with Crippen LogP contribution in [0.5, 0.6) is 0 Å². The van der Waals surface area contributed by atoms with E-state index in [4.69, 9.17) is 13.8 Å². The minimum Gasteiger partial charge on any atom is -0.456 e. The number of ether oxygens (including phenoxy) is 1. The quantitative estimate of drug-likeness (QED) is 0.0205. The third-order valence-electron chi connectivity index (χ3n) is 16.8. The zero-order valence-electron chi connectivity index (χ0n) is 57.4. The number of likely N-dealkylation sites (N-methyl/N-ethyl adjacent to an activating group) is 1. The Morgan fingerprint density at radius 1 is 0.412 bits per heavy atom. The van der Waals surface area contributed by atoms with Gasteiger partial charge in [0.2, 0.25) is 5.91 Å². The third-order valence-corrected chi connectivity index (χ3v) is 17.8. The van der Waals surface area contributed by atoms with Crippen molar-refractivity contribution in [2.45, 2.75) is 380 Å². The first kappa shape index (κ1) is 83.0. The predicted molar refractivity (Wildman–Crippen MR) is 369 cm³/mol. The Morgan fingerprint density at radius 3 is 1.09 bits per heavy atom. The van der Waals surface area contributed by atoms with Gasteiger partial charge in [0.25, 0.3) is 0 Å². The normalized spacial score (nSPS) is 13.7. The molecule has 3 atom stereocenters. The van der Waals surface area contributed by atoms with Gasteiger partial charge in [0.05, 0.1) is 33.8 Å². The predicted octanol–water partition coefficient (Wildman–Crippen LogP) is 23.6. The third kappa shape index (κ3) is 66.2. The molecule has 0 fully saturated rings. The number of phosphoric ester groups is 1. The first-order chi connectivity index (χ1) is 41.4. The molecule has 0 aliphatic heterocycles. The highest BCUT2D eigenvalue weighted by molar-refractivity contribution is 7.47. The molecule has 0 saturated carbocycles. The molecule has 0 aromatic rings. The summed E-state index contributed by atoms with van der Waals surface area (Å²) in [5.74, 6) is -0.495. The summed E-state index contributed by atoms with van der Waals surface area (Å²) in [5, 5.41) is 3.08. The second-order valence-corrected chi connectivity index (χ2v) is 27.9. The smallest absolute Gasteiger partial charge is 0.456 e. The summed E-state index contributed by atoms with van der Waals surface area (Å²) in [6, 6.07) is -0.852. The molecule has 10 heteroatoms. The molecule has 0 spiro atoms. The minimum absolute atomic E-state index is 0.0401. The van der Waals surface area contributed by atoms with Gasteiger partial charge in [0.1, 0.15) is 19.3 Å². The van der Waals surface area contributed by atoms with Crippen LogP contribution in [0, 0.1) is 0 Å². The fourth-order valence-corrected chi connectivity index (χ4v) is 11.8. The number of carbonyl (C=O) groups excluding carboxylic acids is 2. The molecule has 0 saturated heterocycles. The van der Waals surface area contributed by atoms with Gasteiger partial charge in [-0.15, -0.1) is 0 Å². The Labute approximate surface area is 529 Å². The topological polar surface area (TPSA) is 111 Å². The zero-order chi connectivity index (χ0) is 62.1.